The highest BCUT2D eigenvalue weighted by atomic mass is 19.1. The van der Waals surface area contributed by atoms with Crippen LogP contribution in [0.15, 0.2) is 30.2 Å². The van der Waals surface area contributed by atoms with Crippen molar-refractivity contribution >= 4 is 11.7 Å². The fourth-order valence-corrected chi connectivity index (χ4v) is 1.95. The van der Waals surface area contributed by atoms with E-state index in [9.17, 15) is 9.18 Å². The number of aromatic nitrogens is 3. The molecule has 2 rings (SSSR count). The molecule has 2 aromatic heterocycles. The van der Waals surface area contributed by atoms with Gasteiger partial charge in [-0.15, -0.1) is 5.10 Å². The molecular formula is C15H19FN4O3. The zero-order chi connectivity index (χ0) is 16.7. The number of ether oxygens (including phenoxy) is 1. The third kappa shape index (κ3) is 4.94. The number of carbonyl (C=O) groups is 1. The van der Waals surface area contributed by atoms with Crippen molar-refractivity contribution in [1.82, 2.24) is 19.9 Å². The molecule has 0 atom stereocenters. The Labute approximate surface area is 132 Å². The highest BCUT2D eigenvalue weighted by Gasteiger charge is 2.06. The average molecular weight is 322 g/mol. The number of amides is 1. The van der Waals surface area contributed by atoms with Crippen LogP contribution in [-0.4, -0.2) is 38.9 Å². The van der Waals surface area contributed by atoms with E-state index in [1.54, 1.807) is 16.6 Å². The van der Waals surface area contributed by atoms with Crippen molar-refractivity contribution in [2.24, 2.45) is 0 Å². The van der Waals surface area contributed by atoms with Crippen LogP contribution in [0.3, 0.4) is 0 Å². The van der Waals surface area contributed by atoms with Gasteiger partial charge in [0.1, 0.15) is 6.61 Å². The Morgan fingerprint density at radius 3 is 3.04 bits per heavy atom. The number of rotatable bonds is 8. The first-order valence-corrected chi connectivity index (χ1v) is 7.35. The monoisotopic (exact) mass is 322 g/mol. The maximum absolute atomic E-state index is 12.7. The second-order valence-corrected chi connectivity index (χ2v) is 5.02. The third-order valence-electron chi connectivity index (χ3n) is 3.16. The number of hydrogen-bond acceptors (Lipinski definition) is 4. The van der Waals surface area contributed by atoms with E-state index in [1.807, 2.05) is 6.20 Å². The summed E-state index contributed by atoms with van der Waals surface area (Å²) in [6.45, 7) is 1.89. The number of aryl methyl sites for hydroxylation is 1. The molecule has 1 amide bonds. The van der Waals surface area contributed by atoms with E-state index in [1.165, 1.54) is 0 Å². The van der Waals surface area contributed by atoms with Gasteiger partial charge in [-0.25, -0.2) is 18.7 Å². The molecule has 7 nitrogen and oxygen atoms in total. The standard InChI is InChI=1S/C15H19FN4O3/c1-2-3-4-12-9-20-13(18-12)5-6-14(19-20)23-10-11(7-16)8-17-15(21)22/h5-7,9,17H,2-4,8,10H2,1H3,(H,21,22)/b11-7+. The van der Waals surface area contributed by atoms with Gasteiger partial charge in [-0.2, -0.15) is 0 Å². The topological polar surface area (TPSA) is 88.8 Å². The highest BCUT2D eigenvalue weighted by molar-refractivity contribution is 5.64. The number of nitrogens with zero attached hydrogens (tertiary/aromatic N) is 3. The fourth-order valence-electron chi connectivity index (χ4n) is 1.95. The molecule has 0 aliphatic rings. The Balaban J connectivity index is 1.98. The van der Waals surface area contributed by atoms with Crippen molar-refractivity contribution in [3.05, 3.63) is 35.9 Å². The normalized spacial score (nSPS) is 11.7. The van der Waals surface area contributed by atoms with Crippen molar-refractivity contribution in [2.75, 3.05) is 13.2 Å². The van der Waals surface area contributed by atoms with Crippen molar-refractivity contribution in [2.45, 2.75) is 26.2 Å². The van der Waals surface area contributed by atoms with E-state index < -0.39 is 6.09 Å². The predicted octanol–water partition coefficient (Wildman–Crippen LogP) is 2.57. The molecule has 0 fully saturated rings. The predicted molar refractivity (Wildman–Crippen MR) is 82.3 cm³/mol. The zero-order valence-corrected chi connectivity index (χ0v) is 12.8. The molecule has 8 heteroatoms. The molecule has 2 aromatic rings. The molecule has 0 aromatic carbocycles. The number of unbranched alkanes of at least 4 members (excludes halogenated alkanes) is 1. The van der Waals surface area contributed by atoms with Gasteiger partial charge in [0.2, 0.25) is 5.88 Å². The first-order chi connectivity index (χ1) is 11.1. The van der Waals surface area contributed by atoms with Gasteiger partial charge in [0.05, 0.1) is 18.2 Å². The minimum absolute atomic E-state index is 0.0906. The van der Waals surface area contributed by atoms with Crippen molar-refractivity contribution < 1.29 is 19.0 Å². The lowest BCUT2D eigenvalue weighted by molar-refractivity contribution is 0.195. The summed E-state index contributed by atoms with van der Waals surface area (Å²) in [6.07, 6.45) is 4.00. The summed E-state index contributed by atoms with van der Waals surface area (Å²) >= 11 is 0. The van der Waals surface area contributed by atoms with Crippen LogP contribution >= 0.6 is 0 Å². The Bertz CT molecular complexity index is 699. The Hall–Kier alpha value is -2.64. The second kappa shape index (κ2) is 8.11. The number of nitrogens with one attached hydrogen (secondary N) is 1. The summed E-state index contributed by atoms with van der Waals surface area (Å²) in [5, 5.41) is 14.8. The van der Waals surface area contributed by atoms with Crippen molar-refractivity contribution in [1.29, 1.82) is 0 Å². The van der Waals surface area contributed by atoms with Gasteiger partial charge >= 0.3 is 6.09 Å². The minimum Gasteiger partial charge on any atom is -0.472 e. The van der Waals surface area contributed by atoms with E-state index in [2.05, 4.69) is 22.3 Å². The van der Waals surface area contributed by atoms with Crippen LogP contribution in [0.2, 0.25) is 0 Å². The summed E-state index contributed by atoms with van der Waals surface area (Å²) in [7, 11) is 0. The first kappa shape index (κ1) is 16.7. The molecule has 0 bridgehead atoms. The minimum atomic E-state index is -1.22. The lowest BCUT2D eigenvalue weighted by Crippen LogP contribution is -2.25. The zero-order valence-electron chi connectivity index (χ0n) is 12.8. The maximum atomic E-state index is 12.7. The molecule has 2 N–H and O–H groups in total. The van der Waals surface area contributed by atoms with E-state index in [0.717, 1.165) is 30.6 Å². The Kier molecular flexibility index (Phi) is 5.90. The van der Waals surface area contributed by atoms with Gasteiger partial charge in [0.15, 0.2) is 5.65 Å². The largest absolute Gasteiger partial charge is 0.472 e. The number of halogens is 1. The Morgan fingerprint density at radius 2 is 2.35 bits per heavy atom. The lowest BCUT2D eigenvalue weighted by Gasteiger charge is -2.08. The van der Waals surface area contributed by atoms with Crippen LogP contribution in [0.1, 0.15) is 25.5 Å². The van der Waals surface area contributed by atoms with Gasteiger partial charge in [0.25, 0.3) is 0 Å². The van der Waals surface area contributed by atoms with Gasteiger partial charge in [-0.05, 0) is 18.9 Å². The summed E-state index contributed by atoms with van der Waals surface area (Å²) < 4.78 is 19.7. The molecule has 0 saturated heterocycles. The van der Waals surface area contributed by atoms with Gasteiger partial charge in [-0.3, -0.25) is 0 Å². The highest BCUT2D eigenvalue weighted by Crippen LogP contribution is 2.12. The summed E-state index contributed by atoms with van der Waals surface area (Å²) in [5.74, 6) is 0.312. The van der Waals surface area contributed by atoms with E-state index in [0.29, 0.717) is 12.2 Å². The Morgan fingerprint density at radius 1 is 1.52 bits per heavy atom. The maximum Gasteiger partial charge on any atom is 0.404 e. The average Bonchev–Trinajstić information content (AvgIpc) is 2.94. The van der Waals surface area contributed by atoms with Crippen molar-refractivity contribution in [3.8, 4) is 5.88 Å². The molecule has 2 heterocycles. The van der Waals surface area contributed by atoms with Crippen LogP contribution in [0.4, 0.5) is 9.18 Å². The van der Waals surface area contributed by atoms with Crippen LogP contribution in [-0.2, 0) is 6.42 Å². The summed E-state index contributed by atoms with van der Waals surface area (Å²) in [4.78, 5) is 14.8. The molecule has 0 aliphatic heterocycles. The van der Waals surface area contributed by atoms with Gasteiger partial charge < -0.3 is 15.2 Å². The van der Waals surface area contributed by atoms with Crippen LogP contribution < -0.4 is 10.1 Å². The second-order valence-electron chi connectivity index (χ2n) is 5.02. The molecule has 0 saturated carbocycles. The molecule has 0 unspecified atom stereocenters. The summed E-state index contributed by atoms with van der Waals surface area (Å²) in [6, 6.07) is 3.42. The first-order valence-electron chi connectivity index (χ1n) is 7.35. The molecule has 0 radical (unpaired) electrons. The third-order valence-corrected chi connectivity index (χ3v) is 3.16. The van der Waals surface area contributed by atoms with E-state index in [-0.39, 0.29) is 18.7 Å². The van der Waals surface area contributed by atoms with E-state index >= 15 is 0 Å². The van der Waals surface area contributed by atoms with Gasteiger partial charge in [-0.1, -0.05) is 13.3 Å². The van der Waals surface area contributed by atoms with Crippen LogP contribution in [0.5, 0.6) is 5.88 Å². The SMILES string of the molecule is CCCCc1cn2nc(OC/C(=C/F)CNC(=O)O)ccc2n1. The quantitative estimate of drug-likeness (QED) is 0.780. The fraction of sp³-hybridized carbons (Fsp3) is 0.400. The molecular weight excluding hydrogens is 303 g/mol. The number of fused-ring (bicyclic) bond motifs is 1. The van der Waals surface area contributed by atoms with Gasteiger partial charge in [0, 0.05) is 18.2 Å². The lowest BCUT2D eigenvalue weighted by atomic mass is 10.2. The van der Waals surface area contributed by atoms with Crippen LogP contribution in [0.25, 0.3) is 5.65 Å². The number of carboxylic acid groups (broad SMARTS) is 1. The molecule has 0 aliphatic carbocycles. The number of imidazole rings is 1. The van der Waals surface area contributed by atoms with Crippen molar-refractivity contribution in [3.63, 3.8) is 0 Å². The molecule has 23 heavy (non-hydrogen) atoms. The van der Waals surface area contributed by atoms with Crippen LogP contribution in [0, 0.1) is 0 Å². The summed E-state index contributed by atoms with van der Waals surface area (Å²) in [5.41, 5.74) is 1.85. The van der Waals surface area contributed by atoms with E-state index in [4.69, 9.17) is 9.84 Å². The molecule has 124 valence electrons. The smallest absolute Gasteiger partial charge is 0.404 e. The molecule has 0 spiro atoms. The number of hydrogen-bond donors (Lipinski definition) is 2.